The first-order chi connectivity index (χ1) is 9.11. The fourth-order valence-electron chi connectivity index (χ4n) is 3.09. The van der Waals surface area contributed by atoms with Gasteiger partial charge in [-0.2, -0.15) is 0 Å². The number of phenols is 1. The predicted octanol–water partition coefficient (Wildman–Crippen LogP) is 2.06. The summed E-state index contributed by atoms with van der Waals surface area (Å²) >= 11 is 5.82. The lowest BCUT2D eigenvalue weighted by atomic mass is 9.99. The summed E-state index contributed by atoms with van der Waals surface area (Å²) in [5, 5.41) is 16.2. The normalized spacial score (nSPS) is 29.2. The molecule has 2 saturated heterocycles. The lowest BCUT2D eigenvalue weighted by molar-refractivity contribution is 0.0924. The van der Waals surface area contributed by atoms with E-state index < -0.39 is 0 Å². The summed E-state index contributed by atoms with van der Waals surface area (Å²) < 4.78 is 0. The van der Waals surface area contributed by atoms with E-state index in [1.807, 2.05) is 0 Å². The van der Waals surface area contributed by atoms with Crippen LogP contribution < -0.4 is 10.6 Å². The number of phenolic OH excluding ortho intramolecular Hbond substituents is 1. The van der Waals surface area contributed by atoms with E-state index in [1.165, 1.54) is 25.0 Å². The van der Waals surface area contributed by atoms with Gasteiger partial charge in [-0.25, -0.2) is 0 Å². The third kappa shape index (κ3) is 2.69. The molecule has 5 heteroatoms. The van der Waals surface area contributed by atoms with Gasteiger partial charge in [0.15, 0.2) is 0 Å². The van der Waals surface area contributed by atoms with Gasteiger partial charge >= 0.3 is 0 Å². The Labute approximate surface area is 117 Å². The van der Waals surface area contributed by atoms with Crippen molar-refractivity contribution in [3.8, 4) is 5.75 Å². The molecule has 0 aromatic heterocycles. The van der Waals surface area contributed by atoms with Crippen LogP contribution in [0.3, 0.4) is 0 Å². The van der Waals surface area contributed by atoms with E-state index >= 15 is 0 Å². The van der Waals surface area contributed by atoms with Crippen LogP contribution in [0.4, 0.5) is 0 Å². The molecule has 2 bridgehead atoms. The Morgan fingerprint density at radius 3 is 2.63 bits per heavy atom. The molecule has 0 aliphatic carbocycles. The third-order valence-electron chi connectivity index (χ3n) is 4.02. The van der Waals surface area contributed by atoms with Gasteiger partial charge < -0.3 is 15.7 Å². The molecule has 2 heterocycles. The van der Waals surface area contributed by atoms with Crippen molar-refractivity contribution in [1.82, 2.24) is 10.6 Å². The molecule has 2 aliphatic rings. The fraction of sp³-hybridized carbons (Fsp3) is 0.500. The van der Waals surface area contributed by atoms with Crippen molar-refractivity contribution in [3.63, 3.8) is 0 Å². The molecule has 3 rings (SSSR count). The summed E-state index contributed by atoms with van der Waals surface area (Å²) in [7, 11) is 0. The lowest BCUT2D eigenvalue weighted by Gasteiger charge is -2.29. The Kier molecular flexibility index (Phi) is 3.37. The molecule has 2 atom stereocenters. The first-order valence-corrected chi connectivity index (χ1v) is 7.05. The van der Waals surface area contributed by atoms with Crippen LogP contribution in [0.15, 0.2) is 18.2 Å². The van der Waals surface area contributed by atoms with Gasteiger partial charge in [0.2, 0.25) is 0 Å². The zero-order valence-corrected chi connectivity index (χ0v) is 11.3. The number of carbonyl (C=O) groups excluding carboxylic acids is 1. The second kappa shape index (κ2) is 5.02. The molecule has 1 amide bonds. The monoisotopic (exact) mass is 280 g/mol. The summed E-state index contributed by atoms with van der Waals surface area (Å²) in [6, 6.07) is 5.87. The number of benzene rings is 1. The number of carbonyl (C=O) groups is 1. The van der Waals surface area contributed by atoms with E-state index in [9.17, 15) is 9.90 Å². The van der Waals surface area contributed by atoms with Crippen molar-refractivity contribution in [2.45, 2.75) is 43.8 Å². The zero-order valence-electron chi connectivity index (χ0n) is 10.5. The van der Waals surface area contributed by atoms with Crippen molar-refractivity contribution >= 4 is 17.5 Å². The molecule has 1 aromatic carbocycles. The van der Waals surface area contributed by atoms with Crippen molar-refractivity contribution in [3.05, 3.63) is 28.8 Å². The number of nitrogens with one attached hydrogen (secondary N) is 2. The number of piperidine rings is 1. The smallest absolute Gasteiger partial charge is 0.251 e. The molecule has 2 fully saturated rings. The van der Waals surface area contributed by atoms with E-state index in [-0.39, 0.29) is 22.7 Å². The van der Waals surface area contributed by atoms with Crippen LogP contribution >= 0.6 is 11.6 Å². The molecule has 0 saturated carbocycles. The summed E-state index contributed by atoms with van der Waals surface area (Å²) in [6.07, 6.45) is 4.41. The van der Waals surface area contributed by atoms with E-state index in [1.54, 1.807) is 6.07 Å². The van der Waals surface area contributed by atoms with Crippen molar-refractivity contribution in [2.75, 3.05) is 0 Å². The van der Waals surface area contributed by atoms with Crippen molar-refractivity contribution in [1.29, 1.82) is 0 Å². The Morgan fingerprint density at radius 2 is 2.00 bits per heavy atom. The first kappa shape index (κ1) is 12.8. The van der Waals surface area contributed by atoms with E-state index in [0.29, 0.717) is 17.6 Å². The number of amides is 1. The van der Waals surface area contributed by atoms with Crippen LogP contribution in [0.1, 0.15) is 36.0 Å². The molecule has 3 N–H and O–H groups in total. The molecular weight excluding hydrogens is 264 g/mol. The van der Waals surface area contributed by atoms with Gasteiger partial charge in [-0.1, -0.05) is 11.6 Å². The topological polar surface area (TPSA) is 61.4 Å². The maximum atomic E-state index is 12.1. The molecule has 0 radical (unpaired) electrons. The fourth-order valence-corrected chi connectivity index (χ4v) is 3.27. The van der Waals surface area contributed by atoms with E-state index in [2.05, 4.69) is 10.6 Å². The molecule has 4 nitrogen and oxygen atoms in total. The van der Waals surface area contributed by atoms with E-state index in [4.69, 9.17) is 11.6 Å². The largest absolute Gasteiger partial charge is 0.506 e. The number of rotatable bonds is 2. The van der Waals surface area contributed by atoms with E-state index in [0.717, 1.165) is 12.8 Å². The molecule has 19 heavy (non-hydrogen) atoms. The van der Waals surface area contributed by atoms with Crippen LogP contribution in [0, 0.1) is 0 Å². The van der Waals surface area contributed by atoms with Crippen LogP contribution in [0.5, 0.6) is 5.75 Å². The van der Waals surface area contributed by atoms with Crippen LogP contribution in [0.25, 0.3) is 0 Å². The second-order valence-corrected chi connectivity index (χ2v) is 5.85. The van der Waals surface area contributed by atoms with Gasteiger partial charge in [0.1, 0.15) is 5.75 Å². The van der Waals surface area contributed by atoms with Crippen LogP contribution in [-0.2, 0) is 0 Å². The zero-order chi connectivity index (χ0) is 13.4. The van der Waals surface area contributed by atoms with Gasteiger partial charge in [0, 0.05) is 23.7 Å². The minimum Gasteiger partial charge on any atom is -0.506 e. The number of fused-ring (bicyclic) bond motifs is 2. The lowest BCUT2D eigenvalue weighted by Crippen LogP contribution is -2.48. The number of hydrogen-bond acceptors (Lipinski definition) is 3. The Hall–Kier alpha value is -1.26. The molecule has 2 aliphatic heterocycles. The summed E-state index contributed by atoms with van der Waals surface area (Å²) in [5.41, 5.74) is 0.494. The molecule has 2 unspecified atom stereocenters. The van der Waals surface area contributed by atoms with Gasteiger partial charge in [0.05, 0.1) is 5.02 Å². The SMILES string of the molecule is O=C(NC1CC2CCC(C1)N2)c1ccc(O)c(Cl)c1. The second-order valence-electron chi connectivity index (χ2n) is 5.45. The maximum Gasteiger partial charge on any atom is 0.251 e. The van der Waals surface area contributed by atoms with Gasteiger partial charge in [-0.05, 0) is 43.9 Å². The molecule has 1 aromatic rings. The molecule has 102 valence electrons. The predicted molar refractivity (Wildman–Crippen MR) is 73.6 cm³/mol. The van der Waals surface area contributed by atoms with Crippen LogP contribution in [0.2, 0.25) is 5.02 Å². The number of halogens is 1. The third-order valence-corrected chi connectivity index (χ3v) is 4.32. The highest BCUT2D eigenvalue weighted by atomic mass is 35.5. The quantitative estimate of drug-likeness (QED) is 0.777. The Balaban J connectivity index is 1.66. The maximum absolute atomic E-state index is 12.1. The highest BCUT2D eigenvalue weighted by Crippen LogP contribution is 2.27. The summed E-state index contributed by atoms with van der Waals surface area (Å²) in [4.78, 5) is 12.1. The van der Waals surface area contributed by atoms with Crippen LogP contribution in [-0.4, -0.2) is 29.1 Å². The Morgan fingerprint density at radius 1 is 1.32 bits per heavy atom. The average molecular weight is 281 g/mol. The number of hydrogen-bond donors (Lipinski definition) is 3. The number of aromatic hydroxyl groups is 1. The van der Waals surface area contributed by atoms with Crippen molar-refractivity contribution in [2.24, 2.45) is 0 Å². The first-order valence-electron chi connectivity index (χ1n) is 6.67. The minimum atomic E-state index is -0.117. The molecule has 0 spiro atoms. The minimum absolute atomic E-state index is 0.00173. The van der Waals surface area contributed by atoms with Gasteiger partial charge in [0.25, 0.3) is 5.91 Å². The van der Waals surface area contributed by atoms with Gasteiger partial charge in [-0.15, -0.1) is 0 Å². The Bertz CT molecular complexity index is 494. The molecular formula is C14H17ClN2O2. The highest BCUT2D eigenvalue weighted by Gasteiger charge is 2.34. The average Bonchev–Trinajstić information content (AvgIpc) is 2.72. The summed E-state index contributed by atoms with van der Waals surface area (Å²) in [6.45, 7) is 0. The summed E-state index contributed by atoms with van der Waals surface area (Å²) in [5.74, 6) is -0.119. The standard InChI is InChI=1S/C14H17ClN2O2/c15-12-5-8(1-4-13(12)18)14(19)17-11-6-9-2-3-10(7-11)16-9/h1,4-5,9-11,16,18H,2-3,6-7H2,(H,17,19). The van der Waals surface area contributed by atoms with Gasteiger partial charge in [-0.3, -0.25) is 4.79 Å². The highest BCUT2D eigenvalue weighted by molar-refractivity contribution is 6.32. The van der Waals surface area contributed by atoms with Crippen molar-refractivity contribution < 1.29 is 9.90 Å².